The van der Waals surface area contributed by atoms with Crippen molar-refractivity contribution in [3.8, 4) is 0 Å². The van der Waals surface area contributed by atoms with Crippen LogP contribution in [-0.2, 0) is 4.74 Å². The number of carbonyl (C=O) groups excluding carboxylic acids is 1. The summed E-state index contributed by atoms with van der Waals surface area (Å²) in [5, 5.41) is 0. The monoisotopic (exact) mass is 357 g/mol. The lowest BCUT2D eigenvalue weighted by Gasteiger charge is -2.25. The second kappa shape index (κ2) is 6.97. The summed E-state index contributed by atoms with van der Waals surface area (Å²) in [5.74, 6) is 1.45. The Kier molecular flexibility index (Phi) is 4.89. The second-order valence-corrected chi connectivity index (χ2v) is 7.88. The molecule has 1 aliphatic rings. The molecule has 1 saturated heterocycles. The maximum Gasteiger partial charge on any atom is 0.410 e. The number of para-hydroxylation sites is 2. The van der Waals surface area contributed by atoms with Crippen molar-refractivity contribution in [2.24, 2.45) is 5.92 Å². The zero-order valence-corrected chi connectivity index (χ0v) is 15.9. The van der Waals surface area contributed by atoms with E-state index >= 15 is 0 Å². The second-order valence-electron chi connectivity index (χ2n) is 7.88. The van der Waals surface area contributed by atoms with E-state index in [0.717, 1.165) is 24.0 Å². The Morgan fingerprint density at radius 2 is 1.96 bits per heavy atom. The largest absolute Gasteiger partial charge is 0.444 e. The van der Waals surface area contributed by atoms with Gasteiger partial charge in [-0.25, -0.2) is 14.8 Å². The van der Waals surface area contributed by atoms with Gasteiger partial charge in [-0.05, 0) is 45.2 Å². The maximum atomic E-state index is 12.2. The maximum absolute atomic E-state index is 12.2. The van der Waals surface area contributed by atoms with Crippen molar-refractivity contribution in [2.45, 2.75) is 32.8 Å². The van der Waals surface area contributed by atoms with Crippen LogP contribution in [-0.4, -0.2) is 53.2 Å². The summed E-state index contributed by atoms with van der Waals surface area (Å²) in [6.07, 6.45) is 0.692. The molecule has 1 fully saturated rings. The zero-order chi connectivity index (χ0) is 18.9. The number of nitrogens with two attached hydrogens (primary N) is 1. The van der Waals surface area contributed by atoms with Gasteiger partial charge in [0.1, 0.15) is 5.60 Å². The molecule has 0 unspecified atom stereocenters. The van der Waals surface area contributed by atoms with E-state index < -0.39 is 5.60 Å². The molecule has 26 heavy (non-hydrogen) atoms. The summed E-state index contributed by atoms with van der Waals surface area (Å²) in [4.78, 5) is 25.1. The van der Waals surface area contributed by atoms with Gasteiger partial charge in [0.05, 0.1) is 11.0 Å². The number of amides is 1. The Bertz CT molecular complexity index is 802. The Balaban J connectivity index is 1.65. The number of ether oxygens (including phenoxy) is 1. The van der Waals surface area contributed by atoms with Crippen LogP contribution in [0.1, 0.15) is 27.2 Å². The predicted octanol–water partition coefficient (Wildman–Crippen LogP) is 2.91. The Morgan fingerprint density at radius 1 is 1.31 bits per heavy atom. The smallest absolute Gasteiger partial charge is 0.410 e. The standard InChI is InChI=1S/C19H27N5O2/c1-19(2,3)26-18(25)24-10-9-13(12-24)11-23(4)17-16(20)21-14-7-5-6-8-15(14)22-17/h5-8,13H,9-12H2,1-4H3,(H2,20,21)/t13-/m0/s1. The van der Waals surface area contributed by atoms with Gasteiger partial charge < -0.3 is 20.3 Å². The lowest BCUT2D eigenvalue weighted by atomic mass is 10.1. The number of aromatic nitrogens is 2. The first-order chi connectivity index (χ1) is 12.2. The highest BCUT2D eigenvalue weighted by Gasteiger charge is 2.30. The molecule has 7 heteroatoms. The molecule has 1 atom stereocenters. The van der Waals surface area contributed by atoms with Crippen LogP contribution < -0.4 is 10.6 Å². The highest BCUT2D eigenvalue weighted by Crippen LogP contribution is 2.25. The first-order valence-electron chi connectivity index (χ1n) is 8.94. The van der Waals surface area contributed by atoms with Crippen molar-refractivity contribution in [2.75, 3.05) is 37.3 Å². The molecule has 0 spiro atoms. The quantitative estimate of drug-likeness (QED) is 0.909. The van der Waals surface area contributed by atoms with Gasteiger partial charge in [-0.1, -0.05) is 12.1 Å². The third-order valence-corrected chi connectivity index (χ3v) is 4.41. The third-order valence-electron chi connectivity index (χ3n) is 4.41. The third kappa shape index (κ3) is 4.15. The van der Waals surface area contributed by atoms with Gasteiger partial charge in [0.15, 0.2) is 11.6 Å². The number of hydrogen-bond donors (Lipinski definition) is 1. The summed E-state index contributed by atoms with van der Waals surface area (Å²) < 4.78 is 5.46. The van der Waals surface area contributed by atoms with Gasteiger partial charge in [-0.3, -0.25) is 0 Å². The van der Waals surface area contributed by atoms with Crippen molar-refractivity contribution < 1.29 is 9.53 Å². The summed E-state index contributed by atoms with van der Waals surface area (Å²) in [6, 6.07) is 7.69. The summed E-state index contributed by atoms with van der Waals surface area (Å²) in [7, 11) is 1.96. The van der Waals surface area contributed by atoms with Gasteiger partial charge in [0, 0.05) is 26.7 Å². The van der Waals surface area contributed by atoms with Crippen LogP contribution in [0.3, 0.4) is 0 Å². The van der Waals surface area contributed by atoms with Gasteiger partial charge >= 0.3 is 6.09 Å². The molecule has 0 bridgehead atoms. The molecule has 1 aliphatic heterocycles. The van der Waals surface area contributed by atoms with E-state index in [1.807, 2.05) is 57.0 Å². The topological polar surface area (TPSA) is 84.6 Å². The van der Waals surface area contributed by atoms with Gasteiger partial charge in [-0.15, -0.1) is 0 Å². The molecule has 2 N–H and O–H groups in total. The van der Waals surface area contributed by atoms with E-state index in [2.05, 4.69) is 9.97 Å². The number of nitrogens with zero attached hydrogens (tertiary/aromatic N) is 4. The Hall–Kier alpha value is -2.57. The molecule has 1 amide bonds. The number of hydrogen-bond acceptors (Lipinski definition) is 6. The van der Waals surface area contributed by atoms with Crippen molar-refractivity contribution in [1.82, 2.24) is 14.9 Å². The van der Waals surface area contributed by atoms with Crippen LogP contribution in [0.2, 0.25) is 0 Å². The van der Waals surface area contributed by atoms with Crippen LogP contribution in [0.25, 0.3) is 11.0 Å². The lowest BCUT2D eigenvalue weighted by Crippen LogP contribution is -2.36. The van der Waals surface area contributed by atoms with Crippen LogP contribution in [0.5, 0.6) is 0 Å². The van der Waals surface area contributed by atoms with Crippen molar-refractivity contribution in [3.63, 3.8) is 0 Å². The first-order valence-corrected chi connectivity index (χ1v) is 8.94. The molecule has 1 aromatic heterocycles. The van der Waals surface area contributed by atoms with E-state index in [1.54, 1.807) is 4.90 Å². The fourth-order valence-electron chi connectivity index (χ4n) is 3.23. The van der Waals surface area contributed by atoms with Crippen LogP contribution >= 0.6 is 0 Å². The summed E-state index contributed by atoms with van der Waals surface area (Å²) >= 11 is 0. The normalized spacial score (nSPS) is 17.5. The Labute approximate surface area is 154 Å². The van der Waals surface area contributed by atoms with Crippen molar-refractivity contribution in [1.29, 1.82) is 0 Å². The highest BCUT2D eigenvalue weighted by molar-refractivity contribution is 5.79. The van der Waals surface area contributed by atoms with E-state index in [1.165, 1.54) is 0 Å². The highest BCUT2D eigenvalue weighted by atomic mass is 16.6. The minimum absolute atomic E-state index is 0.243. The summed E-state index contributed by atoms with van der Waals surface area (Å²) in [5.41, 5.74) is 7.25. The number of fused-ring (bicyclic) bond motifs is 1. The molecule has 2 aromatic rings. The first kappa shape index (κ1) is 18.2. The van der Waals surface area contributed by atoms with E-state index in [4.69, 9.17) is 10.5 Å². The molecule has 0 radical (unpaired) electrons. The van der Waals surface area contributed by atoms with Gasteiger partial charge in [-0.2, -0.15) is 0 Å². The zero-order valence-electron chi connectivity index (χ0n) is 15.9. The Morgan fingerprint density at radius 3 is 2.62 bits per heavy atom. The fraction of sp³-hybridized carbons (Fsp3) is 0.526. The number of likely N-dealkylation sites (tertiary alicyclic amines) is 1. The molecule has 0 aliphatic carbocycles. The molecule has 1 aromatic carbocycles. The number of benzene rings is 1. The molecule has 0 saturated carbocycles. The van der Waals surface area contributed by atoms with Crippen LogP contribution in [0.15, 0.2) is 24.3 Å². The fourth-order valence-corrected chi connectivity index (χ4v) is 3.23. The molecular weight excluding hydrogens is 330 g/mol. The minimum Gasteiger partial charge on any atom is -0.444 e. The van der Waals surface area contributed by atoms with Gasteiger partial charge in [0.2, 0.25) is 0 Å². The molecule has 2 heterocycles. The van der Waals surface area contributed by atoms with Crippen LogP contribution in [0, 0.1) is 5.92 Å². The number of rotatable bonds is 3. The van der Waals surface area contributed by atoms with Crippen molar-refractivity contribution in [3.05, 3.63) is 24.3 Å². The summed E-state index contributed by atoms with van der Waals surface area (Å²) in [6.45, 7) is 7.80. The molecule has 7 nitrogen and oxygen atoms in total. The molecule has 140 valence electrons. The van der Waals surface area contributed by atoms with Crippen LogP contribution in [0.4, 0.5) is 16.4 Å². The van der Waals surface area contributed by atoms with E-state index in [-0.39, 0.29) is 6.09 Å². The number of carbonyl (C=O) groups is 1. The predicted molar refractivity (Wildman–Crippen MR) is 103 cm³/mol. The molecule has 3 rings (SSSR count). The lowest BCUT2D eigenvalue weighted by molar-refractivity contribution is 0.0288. The van der Waals surface area contributed by atoms with E-state index in [9.17, 15) is 4.79 Å². The number of anilines is 2. The SMILES string of the molecule is CN(C[C@@H]1CCN(C(=O)OC(C)(C)C)C1)c1nc2ccccc2nc1N. The average Bonchev–Trinajstić information content (AvgIpc) is 3.01. The number of nitrogen functional groups attached to an aromatic ring is 1. The average molecular weight is 357 g/mol. The minimum atomic E-state index is -0.471. The van der Waals surface area contributed by atoms with Crippen molar-refractivity contribution >= 4 is 28.8 Å². The van der Waals surface area contributed by atoms with Gasteiger partial charge in [0.25, 0.3) is 0 Å². The molecular formula is C19H27N5O2. The van der Waals surface area contributed by atoms with E-state index in [0.29, 0.717) is 30.6 Å².